The number of ether oxygens (including phenoxy) is 2. The normalized spacial score (nSPS) is 15.9. The zero-order valence-electron chi connectivity index (χ0n) is 16.9. The molecule has 2 aromatic rings. The molecular weight excluding hydrogens is 426 g/mol. The molecule has 0 fully saturated rings. The summed E-state index contributed by atoms with van der Waals surface area (Å²) in [5, 5.41) is 8.72. The van der Waals surface area contributed by atoms with Crippen molar-refractivity contribution in [1.29, 1.82) is 0 Å². The van der Waals surface area contributed by atoms with Crippen LogP contribution in [0.4, 0.5) is 0 Å². The monoisotopic (exact) mass is 449 g/mol. The number of carbonyl (C=O) groups is 2. The van der Waals surface area contributed by atoms with E-state index in [-0.39, 0.29) is 31.0 Å². The topological polar surface area (TPSA) is 71.4 Å². The lowest BCUT2D eigenvalue weighted by molar-refractivity contribution is -0.144. The van der Waals surface area contributed by atoms with E-state index in [0.717, 1.165) is 16.2 Å². The van der Waals surface area contributed by atoms with Crippen LogP contribution in [-0.4, -0.2) is 68.0 Å². The maximum absolute atomic E-state index is 13.2. The molecule has 0 saturated carbocycles. The Balaban J connectivity index is 1.84. The molecule has 1 aromatic heterocycles. The van der Waals surface area contributed by atoms with Crippen LogP contribution in [0.5, 0.6) is 0 Å². The molecule has 1 unspecified atom stereocenters. The lowest BCUT2D eigenvalue weighted by Crippen LogP contribution is -2.44. The molecule has 0 saturated heterocycles. The SMILES string of the molecule is COCCN(CC(=O)N1N=C(c2cccs2)CC1c1ccc(Cl)cc1)C(=O)COC. The molecule has 0 aliphatic carbocycles. The maximum atomic E-state index is 13.2. The number of benzene rings is 1. The number of rotatable bonds is 9. The van der Waals surface area contributed by atoms with Gasteiger partial charge in [0, 0.05) is 32.2 Å². The van der Waals surface area contributed by atoms with Crippen LogP contribution in [0.25, 0.3) is 0 Å². The van der Waals surface area contributed by atoms with Gasteiger partial charge in [-0.15, -0.1) is 11.3 Å². The fourth-order valence-corrected chi connectivity index (χ4v) is 4.07. The second-order valence-corrected chi connectivity index (χ2v) is 8.16. The van der Waals surface area contributed by atoms with E-state index in [1.54, 1.807) is 30.6 Å². The zero-order chi connectivity index (χ0) is 21.5. The van der Waals surface area contributed by atoms with Gasteiger partial charge in [-0.1, -0.05) is 29.8 Å². The first-order valence-electron chi connectivity index (χ1n) is 9.48. The Morgan fingerprint density at radius 2 is 2.00 bits per heavy atom. The number of hydrogen-bond donors (Lipinski definition) is 0. The van der Waals surface area contributed by atoms with Crippen LogP contribution in [-0.2, 0) is 19.1 Å². The fourth-order valence-electron chi connectivity index (χ4n) is 3.22. The van der Waals surface area contributed by atoms with Gasteiger partial charge in [0.15, 0.2) is 0 Å². The van der Waals surface area contributed by atoms with E-state index in [9.17, 15) is 9.59 Å². The second-order valence-electron chi connectivity index (χ2n) is 6.77. The highest BCUT2D eigenvalue weighted by Gasteiger charge is 2.34. The van der Waals surface area contributed by atoms with Crippen molar-refractivity contribution in [2.24, 2.45) is 5.10 Å². The van der Waals surface area contributed by atoms with Crippen LogP contribution < -0.4 is 0 Å². The van der Waals surface area contributed by atoms with Gasteiger partial charge in [0.25, 0.3) is 5.91 Å². The Labute approximate surface area is 184 Å². The predicted octanol–water partition coefficient (Wildman–Crippen LogP) is 3.20. The summed E-state index contributed by atoms with van der Waals surface area (Å²) >= 11 is 7.62. The summed E-state index contributed by atoms with van der Waals surface area (Å²) in [5.74, 6) is -0.533. The van der Waals surface area contributed by atoms with Gasteiger partial charge < -0.3 is 14.4 Å². The van der Waals surface area contributed by atoms with Gasteiger partial charge in [-0.25, -0.2) is 5.01 Å². The predicted molar refractivity (Wildman–Crippen MR) is 117 cm³/mol. The summed E-state index contributed by atoms with van der Waals surface area (Å²) in [6.45, 7) is 0.427. The van der Waals surface area contributed by atoms with Gasteiger partial charge in [-0.05, 0) is 29.1 Å². The van der Waals surface area contributed by atoms with Crippen LogP contribution >= 0.6 is 22.9 Å². The highest BCUT2D eigenvalue weighted by Crippen LogP contribution is 2.34. The summed E-state index contributed by atoms with van der Waals surface area (Å²) in [6.07, 6.45) is 0.595. The van der Waals surface area contributed by atoms with Crippen molar-refractivity contribution in [3.8, 4) is 0 Å². The molecule has 0 spiro atoms. The minimum atomic E-state index is -0.271. The molecule has 0 N–H and O–H groups in total. The van der Waals surface area contributed by atoms with Gasteiger partial charge in [-0.3, -0.25) is 9.59 Å². The molecule has 0 bridgehead atoms. The molecule has 7 nitrogen and oxygen atoms in total. The minimum absolute atomic E-state index is 0.0959. The molecule has 9 heteroatoms. The molecule has 0 radical (unpaired) electrons. The lowest BCUT2D eigenvalue weighted by atomic mass is 10.0. The van der Waals surface area contributed by atoms with E-state index >= 15 is 0 Å². The Morgan fingerprint density at radius 3 is 2.63 bits per heavy atom. The molecular formula is C21H24ClN3O4S. The number of thiophene rings is 1. The Bertz CT molecular complexity index is 886. The quantitative estimate of drug-likeness (QED) is 0.589. The molecule has 160 valence electrons. The van der Waals surface area contributed by atoms with Crippen molar-refractivity contribution < 1.29 is 19.1 Å². The van der Waals surface area contributed by atoms with Crippen LogP contribution in [0.3, 0.4) is 0 Å². The molecule has 3 rings (SSSR count). The fraction of sp³-hybridized carbons (Fsp3) is 0.381. The lowest BCUT2D eigenvalue weighted by Gasteiger charge is -2.26. The molecule has 2 amide bonds. The van der Waals surface area contributed by atoms with E-state index in [0.29, 0.717) is 24.6 Å². The smallest absolute Gasteiger partial charge is 0.262 e. The highest BCUT2D eigenvalue weighted by molar-refractivity contribution is 7.12. The van der Waals surface area contributed by atoms with Crippen molar-refractivity contribution in [2.45, 2.75) is 12.5 Å². The average molecular weight is 450 g/mol. The highest BCUT2D eigenvalue weighted by atomic mass is 35.5. The molecule has 1 aromatic carbocycles. The van der Waals surface area contributed by atoms with E-state index in [2.05, 4.69) is 5.10 Å². The van der Waals surface area contributed by atoms with Crippen molar-refractivity contribution in [3.63, 3.8) is 0 Å². The van der Waals surface area contributed by atoms with Crippen molar-refractivity contribution >= 4 is 40.5 Å². The molecule has 30 heavy (non-hydrogen) atoms. The summed E-state index contributed by atoms with van der Waals surface area (Å²) in [7, 11) is 3.00. The summed E-state index contributed by atoms with van der Waals surface area (Å²) < 4.78 is 10.0. The average Bonchev–Trinajstić information content (AvgIpc) is 3.41. The van der Waals surface area contributed by atoms with Crippen molar-refractivity contribution in [3.05, 3.63) is 57.2 Å². The van der Waals surface area contributed by atoms with Gasteiger partial charge >= 0.3 is 0 Å². The van der Waals surface area contributed by atoms with Crippen LogP contribution in [0, 0.1) is 0 Å². The van der Waals surface area contributed by atoms with E-state index in [1.807, 2.05) is 29.6 Å². The number of nitrogens with zero attached hydrogens (tertiary/aromatic N) is 3. The van der Waals surface area contributed by atoms with E-state index in [1.165, 1.54) is 17.0 Å². The standard InChI is InChI=1S/C21H24ClN3O4S/c1-28-10-9-24(21(27)14-29-2)13-20(26)25-18(15-5-7-16(22)8-6-15)12-17(23-25)19-4-3-11-30-19/h3-8,11,18H,9-10,12-14H2,1-2H3. The molecule has 1 atom stereocenters. The minimum Gasteiger partial charge on any atom is -0.383 e. The molecule has 1 aliphatic rings. The molecule has 2 heterocycles. The van der Waals surface area contributed by atoms with Gasteiger partial charge in [0.2, 0.25) is 5.91 Å². The van der Waals surface area contributed by atoms with E-state index in [4.69, 9.17) is 21.1 Å². The van der Waals surface area contributed by atoms with Crippen LogP contribution in [0.2, 0.25) is 5.02 Å². The number of methoxy groups -OCH3 is 2. The first-order chi connectivity index (χ1) is 14.5. The van der Waals surface area contributed by atoms with E-state index < -0.39 is 0 Å². The summed E-state index contributed by atoms with van der Waals surface area (Å²) in [4.78, 5) is 28.0. The largest absolute Gasteiger partial charge is 0.383 e. The number of hydrazone groups is 1. The first kappa shape index (κ1) is 22.4. The second kappa shape index (κ2) is 10.7. The first-order valence-corrected chi connectivity index (χ1v) is 10.7. The Hall–Kier alpha value is -2.26. The summed E-state index contributed by atoms with van der Waals surface area (Å²) in [5.41, 5.74) is 1.79. The third-order valence-corrected chi connectivity index (χ3v) is 5.91. The van der Waals surface area contributed by atoms with Crippen LogP contribution in [0.1, 0.15) is 22.9 Å². The maximum Gasteiger partial charge on any atom is 0.262 e. The van der Waals surface area contributed by atoms with Gasteiger partial charge in [0.05, 0.1) is 23.2 Å². The van der Waals surface area contributed by atoms with Crippen molar-refractivity contribution in [1.82, 2.24) is 9.91 Å². The number of halogens is 1. The third-order valence-electron chi connectivity index (χ3n) is 4.74. The van der Waals surface area contributed by atoms with Crippen molar-refractivity contribution in [2.75, 3.05) is 40.5 Å². The Morgan fingerprint density at radius 1 is 1.23 bits per heavy atom. The summed E-state index contributed by atoms with van der Waals surface area (Å²) in [6, 6.07) is 11.1. The Kier molecular flexibility index (Phi) is 7.98. The van der Waals surface area contributed by atoms with Gasteiger partial charge in [0.1, 0.15) is 13.2 Å². The van der Waals surface area contributed by atoms with Crippen LogP contribution in [0.15, 0.2) is 46.9 Å². The van der Waals surface area contributed by atoms with Gasteiger partial charge in [-0.2, -0.15) is 5.10 Å². The zero-order valence-corrected chi connectivity index (χ0v) is 18.5. The third kappa shape index (κ3) is 5.46. The number of hydrogen-bond acceptors (Lipinski definition) is 6. The molecule has 1 aliphatic heterocycles. The number of amides is 2. The number of carbonyl (C=O) groups excluding carboxylic acids is 2.